The smallest absolute Gasteiger partial charge is 0.173 e. The molecule has 0 amide bonds. The molecular formula is C23H23ClN8. The average molecular weight is 447 g/mol. The van der Waals surface area contributed by atoms with Gasteiger partial charge < -0.3 is 14.9 Å². The summed E-state index contributed by atoms with van der Waals surface area (Å²) in [6.45, 7) is 2.27. The molecule has 0 bridgehead atoms. The zero-order chi connectivity index (χ0) is 21.8. The zero-order valence-electron chi connectivity index (χ0n) is 17.4. The molecule has 3 aromatic heterocycles. The number of tetrazole rings is 1. The molecule has 0 saturated heterocycles. The van der Waals surface area contributed by atoms with Crippen molar-refractivity contribution in [2.24, 2.45) is 0 Å². The van der Waals surface area contributed by atoms with Gasteiger partial charge in [-0.15, -0.1) is 5.10 Å². The summed E-state index contributed by atoms with van der Waals surface area (Å²) >= 11 is 6.04. The molecule has 0 saturated carbocycles. The number of imidazole rings is 1. The lowest BCUT2D eigenvalue weighted by molar-refractivity contribution is 0.502. The maximum absolute atomic E-state index is 6.04. The van der Waals surface area contributed by atoms with Gasteiger partial charge in [-0.2, -0.15) is 0 Å². The van der Waals surface area contributed by atoms with Crippen molar-refractivity contribution >= 4 is 22.5 Å². The van der Waals surface area contributed by atoms with Gasteiger partial charge in [-0.25, -0.2) is 9.67 Å². The Bertz CT molecular complexity index is 1270. The lowest BCUT2D eigenvalue weighted by Crippen LogP contribution is -2.27. The summed E-state index contributed by atoms with van der Waals surface area (Å²) in [6, 6.07) is 16.1. The fourth-order valence-electron chi connectivity index (χ4n) is 3.82. The number of halogens is 1. The largest absolute Gasteiger partial charge is 0.361 e. The second-order valence-corrected chi connectivity index (χ2v) is 8.12. The third kappa shape index (κ3) is 4.56. The summed E-state index contributed by atoms with van der Waals surface area (Å²) < 4.78 is 3.92. The standard InChI is InChI=1S/C23H23ClN8/c24-20-6-2-17(3-7-20)15-32-23(28-29-30-32)22(27-9-1-12-31-13-11-25-16-31)19-5-4-18-8-10-26-21(18)14-19/h2-8,10-11,13-14,16,22,26-27H,1,9,12,15H2. The van der Waals surface area contributed by atoms with Crippen LogP contribution in [0, 0.1) is 0 Å². The molecule has 5 aromatic rings. The lowest BCUT2D eigenvalue weighted by atomic mass is 10.0. The number of hydrogen-bond donors (Lipinski definition) is 2. The van der Waals surface area contributed by atoms with Crippen LogP contribution in [0.25, 0.3) is 10.9 Å². The van der Waals surface area contributed by atoms with Crippen LogP contribution in [0.1, 0.15) is 29.4 Å². The predicted octanol–water partition coefficient (Wildman–Crippen LogP) is 3.82. The van der Waals surface area contributed by atoms with Crippen LogP contribution in [0.15, 0.2) is 73.4 Å². The van der Waals surface area contributed by atoms with Crippen molar-refractivity contribution in [1.82, 2.24) is 40.1 Å². The van der Waals surface area contributed by atoms with E-state index in [1.54, 1.807) is 6.20 Å². The summed E-state index contributed by atoms with van der Waals surface area (Å²) in [4.78, 5) is 7.40. The van der Waals surface area contributed by atoms with Crippen LogP contribution in [-0.4, -0.2) is 41.3 Å². The van der Waals surface area contributed by atoms with E-state index in [9.17, 15) is 0 Å². The molecule has 3 heterocycles. The lowest BCUT2D eigenvalue weighted by Gasteiger charge is -2.19. The van der Waals surface area contributed by atoms with E-state index in [1.165, 1.54) is 5.39 Å². The Morgan fingerprint density at radius 3 is 2.84 bits per heavy atom. The molecule has 0 aliphatic carbocycles. The fraction of sp³-hybridized carbons (Fsp3) is 0.217. The Balaban J connectivity index is 1.40. The number of fused-ring (bicyclic) bond motifs is 1. The van der Waals surface area contributed by atoms with Crippen LogP contribution < -0.4 is 5.32 Å². The Hall–Kier alpha value is -3.49. The molecule has 1 atom stereocenters. The number of nitrogens with one attached hydrogen (secondary N) is 2. The molecular weight excluding hydrogens is 424 g/mol. The first-order chi connectivity index (χ1) is 15.8. The normalized spacial score (nSPS) is 12.4. The molecule has 9 heteroatoms. The number of rotatable bonds is 9. The highest BCUT2D eigenvalue weighted by molar-refractivity contribution is 6.30. The van der Waals surface area contributed by atoms with Gasteiger partial charge in [0.25, 0.3) is 0 Å². The molecule has 8 nitrogen and oxygen atoms in total. The van der Waals surface area contributed by atoms with Crippen LogP contribution in [-0.2, 0) is 13.1 Å². The quantitative estimate of drug-likeness (QED) is 0.336. The van der Waals surface area contributed by atoms with Gasteiger partial charge in [-0.05, 0) is 64.2 Å². The number of H-pyrrole nitrogens is 1. The number of benzene rings is 2. The van der Waals surface area contributed by atoms with E-state index >= 15 is 0 Å². The van der Waals surface area contributed by atoms with Crippen molar-refractivity contribution in [3.63, 3.8) is 0 Å². The number of aromatic nitrogens is 7. The summed E-state index contributed by atoms with van der Waals surface area (Å²) in [5.41, 5.74) is 3.28. The molecule has 0 aliphatic heterocycles. The van der Waals surface area contributed by atoms with Crippen molar-refractivity contribution < 1.29 is 0 Å². The minimum absolute atomic E-state index is 0.146. The van der Waals surface area contributed by atoms with Gasteiger partial charge in [-0.3, -0.25) is 0 Å². The van der Waals surface area contributed by atoms with E-state index < -0.39 is 0 Å². The molecule has 0 fully saturated rings. The third-order valence-corrected chi connectivity index (χ3v) is 5.73. The second kappa shape index (κ2) is 9.33. The number of nitrogens with zero attached hydrogens (tertiary/aromatic N) is 6. The predicted molar refractivity (Wildman–Crippen MR) is 123 cm³/mol. The van der Waals surface area contributed by atoms with Crippen LogP contribution >= 0.6 is 11.6 Å². The van der Waals surface area contributed by atoms with Crippen LogP contribution in [0.4, 0.5) is 0 Å². The molecule has 2 aromatic carbocycles. The van der Waals surface area contributed by atoms with Crippen LogP contribution in [0.5, 0.6) is 0 Å². The summed E-state index contributed by atoms with van der Waals surface area (Å²) in [6.07, 6.45) is 8.52. The van der Waals surface area contributed by atoms with Gasteiger partial charge in [0.05, 0.1) is 18.9 Å². The molecule has 1 unspecified atom stereocenters. The highest BCUT2D eigenvalue weighted by Gasteiger charge is 2.21. The maximum Gasteiger partial charge on any atom is 0.173 e. The first kappa shape index (κ1) is 20.4. The minimum Gasteiger partial charge on any atom is -0.361 e. The summed E-state index contributed by atoms with van der Waals surface area (Å²) in [5, 5.41) is 18.2. The average Bonchev–Trinajstić information content (AvgIpc) is 3.57. The number of aryl methyl sites for hydroxylation is 1. The van der Waals surface area contributed by atoms with Crippen molar-refractivity contribution in [3.8, 4) is 0 Å². The van der Waals surface area contributed by atoms with E-state index in [-0.39, 0.29) is 6.04 Å². The van der Waals surface area contributed by atoms with Gasteiger partial charge >= 0.3 is 0 Å². The van der Waals surface area contributed by atoms with Crippen molar-refractivity contribution in [1.29, 1.82) is 0 Å². The van der Waals surface area contributed by atoms with Crippen molar-refractivity contribution in [3.05, 3.63) is 95.4 Å². The SMILES string of the molecule is Clc1ccc(Cn2nnnc2C(NCCCn2ccnc2)c2ccc3cc[nH]c3c2)cc1. The van der Waals surface area contributed by atoms with Gasteiger partial charge in [0, 0.05) is 35.7 Å². The van der Waals surface area contributed by atoms with Crippen molar-refractivity contribution in [2.45, 2.75) is 25.6 Å². The van der Waals surface area contributed by atoms with E-state index in [1.807, 2.05) is 47.7 Å². The first-order valence-corrected chi connectivity index (χ1v) is 10.9. The molecule has 32 heavy (non-hydrogen) atoms. The van der Waals surface area contributed by atoms with Gasteiger partial charge in [-0.1, -0.05) is 35.9 Å². The number of hydrogen-bond acceptors (Lipinski definition) is 5. The monoisotopic (exact) mass is 446 g/mol. The highest BCUT2D eigenvalue weighted by Crippen LogP contribution is 2.24. The highest BCUT2D eigenvalue weighted by atomic mass is 35.5. The topological polar surface area (TPSA) is 89.2 Å². The third-order valence-electron chi connectivity index (χ3n) is 5.48. The molecule has 0 aliphatic rings. The van der Waals surface area contributed by atoms with E-state index in [0.29, 0.717) is 11.6 Å². The van der Waals surface area contributed by atoms with Gasteiger partial charge in [0.2, 0.25) is 0 Å². The molecule has 0 radical (unpaired) electrons. The Labute approximate surface area is 190 Å². The van der Waals surface area contributed by atoms with E-state index in [4.69, 9.17) is 11.6 Å². The van der Waals surface area contributed by atoms with Gasteiger partial charge in [0.1, 0.15) is 0 Å². The molecule has 2 N–H and O–H groups in total. The molecule has 162 valence electrons. The number of aromatic amines is 1. The Morgan fingerprint density at radius 1 is 1.09 bits per heavy atom. The Morgan fingerprint density at radius 2 is 2.00 bits per heavy atom. The fourth-order valence-corrected chi connectivity index (χ4v) is 3.95. The van der Waals surface area contributed by atoms with Crippen LogP contribution in [0.2, 0.25) is 5.02 Å². The summed E-state index contributed by atoms with van der Waals surface area (Å²) in [5.74, 6) is 0.772. The van der Waals surface area contributed by atoms with Crippen molar-refractivity contribution in [2.75, 3.05) is 6.54 Å². The Kier molecular flexibility index (Phi) is 5.96. The summed E-state index contributed by atoms with van der Waals surface area (Å²) in [7, 11) is 0. The molecule has 0 spiro atoms. The minimum atomic E-state index is -0.146. The maximum atomic E-state index is 6.04. The van der Waals surface area contributed by atoms with E-state index in [2.05, 4.69) is 59.6 Å². The van der Waals surface area contributed by atoms with Crippen LogP contribution in [0.3, 0.4) is 0 Å². The second-order valence-electron chi connectivity index (χ2n) is 7.69. The van der Waals surface area contributed by atoms with E-state index in [0.717, 1.165) is 42.0 Å². The first-order valence-electron chi connectivity index (χ1n) is 10.5. The zero-order valence-corrected chi connectivity index (χ0v) is 18.2. The molecule has 5 rings (SSSR count). The van der Waals surface area contributed by atoms with Gasteiger partial charge in [0.15, 0.2) is 5.82 Å².